The topological polar surface area (TPSA) is 69.1 Å². The number of aliphatic imine (C=N–C) groups is 1. The Hall–Kier alpha value is -2.00. The van der Waals surface area contributed by atoms with Gasteiger partial charge in [0.1, 0.15) is 5.82 Å². The van der Waals surface area contributed by atoms with Crippen LogP contribution in [-0.4, -0.2) is 61.9 Å². The van der Waals surface area contributed by atoms with E-state index >= 15 is 0 Å². The summed E-state index contributed by atoms with van der Waals surface area (Å²) in [5.74, 6) is 0.344. The van der Waals surface area contributed by atoms with E-state index in [1.54, 1.807) is 12.1 Å². The minimum absolute atomic E-state index is 0.199. The molecule has 1 saturated heterocycles. The summed E-state index contributed by atoms with van der Waals surface area (Å²) in [6, 6.07) is 10.4. The van der Waals surface area contributed by atoms with Crippen LogP contribution in [0.5, 0.6) is 0 Å². The summed E-state index contributed by atoms with van der Waals surface area (Å²) in [5, 5.41) is 16.8. The SMILES string of the molecule is CCNC(=NCC(c1ccc(C)s1)N1CCOCC1)NCC(O)c1ccc(F)cc1. The average Bonchev–Trinajstić information content (AvgIpc) is 3.19. The predicted molar refractivity (Wildman–Crippen MR) is 120 cm³/mol. The number of benzene rings is 1. The van der Waals surface area contributed by atoms with Crippen LogP contribution in [0.15, 0.2) is 41.4 Å². The van der Waals surface area contributed by atoms with E-state index in [1.807, 2.05) is 18.3 Å². The van der Waals surface area contributed by atoms with Crippen molar-refractivity contribution >= 4 is 17.3 Å². The van der Waals surface area contributed by atoms with Crippen LogP contribution in [0.4, 0.5) is 4.39 Å². The van der Waals surface area contributed by atoms with E-state index in [9.17, 15) is 9.50 Å². The highest BCUT2D eigenvalue weighted by atomic mass is 32.1. The number of hydrogen-bond donors (Lipinski definition) is 3. The molecule has 0 bridgehead atoms. The van der Waals surface area contributed by atoms with Crippen LogP contribution in [0.25, 0.3) is 0 Å². The Morgan fingerprint density at radius 1 is 1.20 bits per heavy atom. The van der Waals surface area contributed by atoms with Crippen LogP contribution in [-0.2, 0) is 4.74 Å². The van der Waals surface area contributed by atoms with Crippen molar-refractivity contribution in [3.05, 3.63) is 57.5 Å². The van der Waals surface area contributed by atoms with Gasteiger partial charge in [-0.1, -0.05) is 12.1 Å². The summed E-state index contributed by atoms with van der Waals surface area (Å²) < 4.78 is 18.6. The van der Waals surface area contributed by atoms with E-state index in [-0.39, 0.29) is 18.4 Å². The van der Waals surface area contributed by atoms with Crippen LogP contribution in [0, 0.1) is 12.7 Å². The summed E-state index contributed by atoms with van der Waals surface area (Å²) in [7, 11) is 0. The summed E-state index contributed by atoms with van der Waals surface area (Å²) in [5.41, 5.74) is 0.667. The first kappa shape index (κ1) is 22.7. The molecule has 1 aliphatic rings. The number of aryl methyl sites for hydroxylation is 1. The van der Waals surface area contributed by atoms with Gasteiger partial charge >= 0.3 is 0 Å². The zero-order valence-corrected chi connectivity index (χ0v) is 18.4. The largest absolute Gasteiger partial charge is 0.387 e. The fraction of sp³-hybridized carbons (Fsp3) is 0.500. The lowest BCUT2D eigenvalue weighted by molar-refractivity contribution is 0.0186. The Bertz CT molecular complexity index is 806. The van der Waals surface area contributed by atoms with Crippen molar-refractivity contribution in [2.45, 2.75) is 26.0 Å². The number of morpholine rings is 1. The zero-order chi connectivity index (χ0) is 21.3. The molecule has 0 aliphatic carbocycles. The summed E-state index contributed by atoms with van der Waals surface area (Å²) in [6.45, 7) is 9.03. The van der Waals surface area contributed by atoms with E-state index in [0.29, 0.717) is 18.1 Å². The number of ether oxygens (including phenoxy) is 1. The summed E-state index contributed by atoms with van der Waals surface area (Å²) >= 11 is 1.81. The van der Waals surface area contributed by atoms with Crippen molar-refractivity contribution in [2.75, 3.05) is 45.9 Å². The summed E-state index contributed by atoms with van der Waals surface area (Å²) in [4.78, 5) is 9.82. The lowest BCUT2D eigenvalue weighted by Crippen LogP contribution is -2.42. The normalized spacial score (nSPS) is 17.5. The second-order valence-corrected chi connectivity index (χ2v) is 8.60. The average molecular weight is 435 g/mol. The molecule has 0 radical (unpaired) electrons. The Morgan fingerprint density at radius 2 is 1.93 bits per heavy atom. The fourth-order valence-electron chi connectivity index (χ4n) is 3.42. The van der Waals surface area contributed by atoms with Gasteiger partial charge in [0.15, 0.2) is 5.96 Å². The molecule has 6 nitrogen and oxygen atoms in total. The van der Waals surface area contributed by atoms with Crippen LogP contribution < -0.4 is 10.6 Å². The van der Waals surface area contributed by atoms with E-state index in [4.69, 9.17) is 9.73 Å². The first-order chi connectivity index (χ1) is 14.6. The van der Waals surface area contributed by atoms with Crippen LogP contribution in [0.2, 0.25) is 0 Å². The number of nitrogens with one attached hydrogen (secondary N) is 2. The molecular weight excluding hydrogens is 403 g/mol. The number of aliphatic hydroxyl groups is 1. The maximum Gasteiger partial charge on any atom is 0.191 e. The maximum absolute atomic E-state index is 13.1. The molecule has 164 valence electrons. The quantitative estimate of drug-likeness (QED) is 0.440. The highest BCUT2D eigenvalue weighted by Crippen LogP contribution is 2.28. The van der Waals surface area contributed by atoms with E-state index in [2.05, 4.69) is 34.6 Å². The third-order valence-corrected chi connectivity index (χ3v) is 6.16. The van der Waals surface area contributed by atoms with Gasteiger partial charge in [-0.25, -0.2) is 4.39 Å². The first-order valence-corrected chi connectivity index (χ1v) is 11.2. The highest BCUT2D eigenvalue weighted by Gasteiger charge is 2.24. The molecule has 2 aromatic rings. The van der Waals surface area contributed by atoms with Crippen LogP contribution >= 0.6 is 11.3 Å². The van der Waals surface area contributed by atoms with Gasteiger partial charge in [0.05, 0.1) is 31.9 Å². The van der Waals surface area contributed by atoms with Crippen molar-refractivity contribution in [1.29, 1.82) is 0 Å². The van der Waals surface area contributed by atoms with Gasteiger partial charge in [-0.05, 0) is 43.7 Å². The molecule has 1 aromatic carbocycles. The van der Waals surface area contributed by atoms with Gasteiger partial charge in [0.25, 0.3) is 0 Å². The van der Waals surface area contributed by atoms with E-state index in [1.165, 1.54) is 21.9 Å². The number of thiophene rings is 1. The van der Waals surface area contributed by atoms with E-state index in [0.717, 1.165) is 32.8 Å². The van der Waals surface area contributed by atoms with Crippen LogP contribution in [0.3, 0.4) is 0 Å². The molecule has 0 saturated carbocycles. The van der Waals surface area contributed by atoms with Crippen molar-refractivity contribution in [2.24, 2.45) is 4.99 Å². The van der Waals surface area contributed by atoms with Crippen molar-refractivity contribution < 1.29 is 14.2 Å². The van der Waals surface area contributed by atoms with Crippen molar-refractivity contribution in [1.82, 2.24) is 15.5 Å². The highest BCUT2D eigenvalue weighted by molar-refractivity contribution is 7.12. The lowest BCUT2D eigenvalue weighted by Gasteiger charge is -2.33. The van der Waals surface area contributed by atoms with Crippen molar-refractivity contribution in [3.63, 3.8) is 0 Å². The zero-order valence-electron chi connectivity index (χ0n) is 17.6. The molecule has 2 unspecified atom stereocenters. The van der Waals surface area contributed by atoms with Gasteiger partial charge in [0, 0.05) is 35.9 Å². The third kappa shape index (κ3) is 6.50. The molecule has 2 atom stereocenters. The number of rotatable bonds is 8. The molecule has 1 fully saturated rings. The molecule has 3 rings (SSSR count). The Balaban J connectivity index is 1.66. The number of aliphatic hydroxyl groups excluding tert-OH is 1. The molecule has 1 aliphatic heterocycles. The molecule has 8 heteroatoms. The Morgan fingerprint density at radius 3 is 2.57 bits per heavy atom. The molecule has 3 N–H and O–H groups in total. The second-order valence-electron chi connectivity index (χ2n) is 7.28. The Kier molecular flexibility index (Phi) is 8.62. The maximum atomic E-state index is 13.1. The molecule has 0 spiro atoms. The smallest absolute Gasteiger partial charge is 0.191 e. The van der Waals surface area contributed by atoms with Gasteiger partial charge < -0.3 is 20.5 Å². The minimum Gasteiger partial charge on any atom is -0.387 e. The minimum atomic E-state index is -0.746. The van der Waals surface area contributed by atoms with E-state index < -0.39 is 6.10 Å². The molecular formula is C22H31FN4O2S. The van der Waals surface area contributed by atoms with Gasteiger partial charge in [-0.15, -0.1) is 11.3 Å². The number of hydrogen-bond acceptors (Lipinski definition) is 5. The number of nitrogens with zero attached hydrogens (tertiary/aromatic N) is 2. The van der Waals surface area contributed by atoms with Crippen molar-refractivity contribution in [3.8, 4) is 0 Å². The predicted octanol–water partition coefficient (Wildman–Crippen LogP) is 2.86. The molecule has 0 amide bonds. The van der Waals surface area contributed by atoms with Gasteiger partial charge in [-0.3, -0.25) is 9.89 Å². The molecule has 30 heavy (non-hydrogen) atoms. The first-order valence-electron chi connectivity index (χ1n) is 10.4. The molecule has 2 heterocycles. The monoisotopic (exact) mass is 434 g/mol. The second kappa shape index (κ2) is 11.4. The number of halogens is 1. The summed E-state index contributed by atoms with van der Waals surface area (Å²) in [6.07, 6.45) is -0.746. The standard InChI is InChI=1S/C22H31FN4O2S/c1-3-24-22(26-15-20(28)17-5-7-18(23)8-6-17)25-14-19(21-9-4-16(2)30-21)27-10-12-29-13-11-27/h4-9,19-20,28H,3,10-15H2,1-2H3,(H2,24,25,26). The fourth-order valence-corrected chi connectivity index (χ4v) is 4.43. The van der Waals surface area contributed by atoms with Crippen LogP contribution in [0.1, 0.15) is 34.4 Å². The third-order valence-electron chi connectivity index (χ3n) is 5.06. The lowest BCUT2D eigenvalue weighted by atomic mass is 10.1. The van der Waals surface area contributed by atoms with Gasteiger partial charge in [-0.2, -0.15) is 0 Å². The Labute approximate surface area is 181 Å². The van der Waals surface area contributed by atoms with Gasteiger partial charge in [0.2, 0.25) is 0 Å². The number of guanidine groups is 1. The molecule has 1 aromatic heterocycles.